The maximum atomic E-state index is 13.9. The van der Waals surface area contributed by atoms with Crippen molar-refractivity contribution in [2.45, 2.75) is 19.0 Å². The summed E-state index contributed by atoms with van der Waals surface area (Å²) in [6, 6.07) is 19.3. The van der Waals surface area contributed by atoms with Gasteiger partial charge in [-0.1, -0.05) is 47.7 Å². The molecule has 10 heteroatoms. The van der Waals surface area contributed by atoms with Crippen LogP contribution in [0.15, 0.2) is 71.5 Å². The number of hydrogen-bond donors (Lipinski definition) is 0. The summed E-state index contributed by atoms with van der Waals surface area (Å²) in [7, 11) is 1.52. The highest BCUT2D eigenvalue weighted by atomic mass is 32.1. The number of aromatic nitrogens is 2. The number of nitrogens with zero attached hydrogens (tertiary/aromatic N) is 3. The Kier molecular flexibility index (Phi) is 7.58. The molecule has 0 aliphatic rings. The molecule has 0 saturated carbocycles. The normalized spacial score (nSPS) is 11.8. The van der Waals surface area contributed by atoms with E-state index in [1.807, 2.05) is 18.2 Å². The van der Waals surface area contributed by atoms with E-state index in [4.69, 9.17) is 19.7 Å². The second kappa shape index (κ2) is 11.2. The number of ether oxygens (including phenoxy) is 2. The number of unbranched alkanes of at least 4 members (excludes halogenated alkanes) is 1. The summed E-state index contributed by atoms with van der Waals surface area (Å²) in [4.78, 5) is 19.1. The fourth-order valence-corrected chi connectivity index (χ4v) is 5.34. The SMILES string of the molecule is COc1cccc(/C=C/c2nc3sc4ccccc4n3c(=O)c2-c2ccc(C(F)(F)F)cc2)c1OCCCC#N. The lowest BCUT2D eigenvalue weighted by atomic mass is 10.0. The Morgan fingerprint density at radius 1 is 1.05 bits per heavy atom. The summed E-state index contributed by atoms with van der Waals surface area (Å²) in [5.74, 6) is 0.963. The van der Waals surface area contributed by atoms with Crippen molar-refractivity contribution >= 4 is 38.7 Å². The number of alkyl halides is 3. The molecule has 2 aromatic heterocycles. The van der Waals surface area contributed by atoms with Crippen LogP contribution in [0.2, 0.25) is 0 Å². The van der Waals surface area contributed by atoms with E-state index in [2.05, 4.69) is 6.07 Å². The minimum Gasteiger partial charge on any atom is -0.493 e. The van der Waals surface area contributed by atoms with Gasteiger partial charge in [-0.3, -0.25) is 9.20 Å². The molecule has 6 nitrogen and oxygen atoms in total. The highest BCUT2D eigenvalue weighted by Gasteiger charge is 2.30. The standard InChI is InChI=1S/C30H22F3N3O3S/c1-38-24-9-6-7-20(27(24)39-18-5-4-17-34)13-16-22-26(19-11-14-21(15-12-19)30(31,32)33)28(37)36-23-8-2-3-10-25(23)40-29(36)35-22/h2-3,6-16H,4-5,18H2,1H3/b16-13+. The Morgan fingerprint density at radius 3 is 2.55 bits per heavy atom. The minimum absolute atomic E-state index is 0.172. The minimum atomic E-state index is -4.50. The van der Waals surface area contributed by atoms with Crippen LogP contribution in [-0.2, 0) is 6.18 Å². The van der Waals surface area contributed by atoms with Crippen LogP contribution in [0.25, 0.3) is 38.5 Å². The Hall–Kier alpha value is -4.62. The van der Waals surface area contributed by atoms with Crippen molar-refractivity contribution in [3.63, 3.8) is 0 Å². The summed E-state index contributed by atoms with van der Waals surface area (Å²) in [5, 5.41) is 8.82. The predicted octanol–water partition coefficient (Wildman–Crippen LogP) is 7.46. The third-order valence-corrected chi connectivity index (χ3v) is 7.24. The van der Waals surface area contributed by atoms with Gasteiger partial charge in [-0.25, -0.2) is 4.98 Å². The van der Waals surface area contributed by atoms with Gasteiger partial charge in [0.2, 0.25) is 0 Å². The molecule has 40 heavy (non-hydrogen) atoms. The molecule has 2 heterocycles. The molecule has 3 aromatic carbocycles. The number of thiazole rings is 1. The van der Waals surface area contributed by atoms with Gasteiger partial charge in [-0.15, -0.1) is 0 Å². The lowest BCUT2D eigenvalue weighted by molar-refractivity contribution is -0.137. The van der Waals surface area contributed by atoms with Crippen LogP contribution < -0.4 is 15.0 Å². The molecular weight excluding hydrogens is 539 g/mol. The molecule has 0 radical (unpaired) electrons. The fraction of sp³-hybridized carbons (Fsp3) is 0.167. The van der Waals surface area contributed by atoms with E-state index in [1.165, 1.54) is 35.0 Å². The van der Waals surface area contributed by atoms with Gasteiger partial charge < -0.3 is 9.47 Å². The third-order valence-electron chi connectivity index (χ3n) is 6.22. The average molecular weight is 562 g/mol. The molecule has 0 bridgehead atoms. The quantitative estimate of drug-likeness (QED) is 0.184. The lowest BCUT2D eigenvalue weighted by Crippen LogP contribution is -2.17. The Morgan fingerprint density at radius 2 is 1.82 bits per heavy atom. The Balaban J connectivity index is 1.66. The number of nitriles is 1. The van der Waals surface area contributed by atoms with E-state index in [9.17, 15) is 18.0 Å². The predicted molar refractivity (Wildman–Crippen MR) is 150 cm³/mol. The van der Waals surface area contributed by atoms with Crippen molar-refractivity contribution in [2.24, 2.45) is 0 Å². The van der Waals surface area contributed by atoms with Crippen molar-refractivity contribution < 1.29 is 22.6 Å². The van der Waals surface area contributed by atoms with Crippen LogP contribution >= 0.6 is 11.3 Å². The highest BCUT2D eigenvalue weighted by Crippen LogP contribution is 2.35. The maximum absolute atomic E-state index is 13.9. The van der Waals surface area contributed by atoms with Crippen molar-refractivity contribution in [1.29, 1.82) is 5.26 Å². The topological polar surface area (TPSA) is 76.6 Å². The summed E-state index contributed by atoms with van der Waals surface area (Å²) in [6.07, 6.45) is -0.244. The largest absolute Gasteiger partial charge is 0.493 e. The first-order valence-electron chi connectivity index (χ1n) is 12.3. The third kappa shape index (κ3) is 5.28. The van der Waals surface area contributed by atoms with E-state index in [0.29, 0.717) is 58.2 Å². The summed E-state index contributed by atoms with van der Waals surface area (Å²) in [6.45, 7) is 0.304. The van der Waals surface area contributed by atoms with Crippen LogP contribution in [0.5, 0.6) is 11.5 Å². The molecule has 0 N–H and O–H groups in total. The molecule has 0 fully saturated rings. The molecule has 0 amide bonds. The molecule has 0 aliphatic heterocycles. The fourth-order valence-electron chi connectivity index (χ4n) is 4.32. The van der Waals surface area contributed by atoms with Crippen LogP contribution in [0.3, 0.4) is 0 Å². The van der Waals surface area contributed by atoms with Gasteiger partial charge in [-0.2, -0.15) is 18.4 Å². The van der Waals surface area contributed by atoms with Gasteiger partial charge in [0, 0.05) is 12.0 Å². The molecule has 202 valence electrons. The molecule has 0 atom stereocenters. The molecule has 0 spiro atoms. The Labute approximate surface area is 231 Å². The van der Waals surface area contributed by atoms with Gasteiger partial charge in [0.25, 0.3) is 5.56 Å². The molecule has 0 aliphatic carbocycles. The molecular formula is C30H22F3N3O3S. The molecule has 0 unspecified atom stereocenters. The summed E-state index contributed by atoms with van der Waals surface area (Å²) in [5.41, 5.74) is 0.907. The number of rotatable bonds is 8. The van der Waals surface area contributed by atoms with Crippen LogP contribution in [0, 0.1) is 11.3 Å². The maximum Gasteiger partial charge on any atom is 0.416 e. The van der Waals surface area contributed by atoms with Gasteiger partial charge in [0.1, 0.15) is 0 Å². The number of para-hydroxylation sites is 2. The van der Waals surface area contributed by atoms with Crippen molar-refractivity contribution in [2.75, 3.05) is 13.7 Å². The lowest BCUT2D eigenvalue weighted by Gasteiger charge is -2.13. The zero-order valence-electron chi connectivity index (χ0n) is 21.2. The van der Waals surface area contributed by atoms with Crippen LogP contribution in [0.1, 0.15) is 29.7 Å². The van der Waals surface area contributed by atoms with Gasteiger partial charge in [0.15, 0.2) is 16.5 Å². The van der Waals surface area contributed by atoms with Crippen molar-refractivity contribution in [1.82, 2.24) is 9.38 Å². The Bertz CT molecular complexity index is 1820. The summed E-state index contributed by atoms with van der Waals surface area (Å²) < 4.78 is 53.4. The zero-order valence-corrected chi connectivity index (χ0v) is 22.1. The number of methoxy groups -OCH3 is 1. The van der Waals surface area contributed by atoms with E-state index in [1.54, 1.807) is 36.4 Å². The van der Waals surface area contributed by atoms with E-state index >= 15 is 0 Å². The number of benzene rings is 3. The van der Waals surface area contributed by atoms with Crippen LogP contribution in [0.4, 0.5) is 13.2 Å². The number of hydrogen-bond acceptors (Lipinski definition) is 6. The first kappa shape index (κ1) is 27.0. The number of halogens is 3. The second-order valence-corrected chi connectivity index (χ2v) is 9.77. The van der Waals surface area contributed by atoms with Gasteiger partial charge >= 0.3 is 6.18 Å². The average Bonchev–Trinajstić information content (AvgIpc) is 3.33. The van der Waals surface area contributed by atoms with E-state index in [0.717, 1.165) is 16.8 Å². The first-order valence-corrected chi connectivity index (χ1v) is 13.1. The van der Waals surface area contributed by atoms with Crippen molar-refractivity contribution in [3.8, 4) is 28.7 Å². The molecule has 0 saturated heterocycles. The number of fused-ring (bicyclic) bond motifs is 3. The first-order chi connectivity index (χ1) is 19.3. The van der Waals surface area contributed by atoms with E-state index in [-0.39, 0.29) is 11.1 Å². The molecule has 5 aromatic rings. The van der Waals surface area contributed by atoms with Gasteiger partial charge in [0.05, 0.1) is 46.8 Å². The smallest absolute Gasteiger partial charge is 0.416 e. The molecule has 5 rings (SSSR count). The van der Waals surface area contributed by atoms with Crippen LogP contribution in [-0.4, -0.2) is 23.1 Å². The van der Waals surface area contributed by atoms with Gasteiger partial charge in [-0.05, 0) is 54.5 Å². The second-order valence-electron chi connectivity index (χ2n) is 8.76. The summed E-state index contributed by atoms with van der Waals surface area (Å²) >= 11 is 1.34. The van der Waals surface area contributed by atoms with Crippen molar-refractivity contribution in [3.05, 3.63) is 93.9 Å². The zero-order chi connectivity index (χ0) is 28.3. The van der Waals surface area contributed by atoms with E-state index < -0.39 is 11.7 Å². The highest BCUT2D eigenvalue weighted by molar-refractivity contribution is 7.23. The monoisotopic (exact) mass is 561 g/mol.